The van der Waals surface area contributed by atoms with Crippen LogP contribution >= 0.6 is 23.2 Å². The Morgan fingerprint density at radius 2 is 1.88 bits per heavy atom. The third kappa shape index (κ3) is 6.31. The molecular formula is C45H40Cl2F3N5O3. The fraction of sp³-hybridized carbons (Fsp3) is 0.400. The van der Waals surface area contributed by atoms with Gasteiger partial charge < -0.3 is 24.3 Å². The predicted molar refractivity (Wildman–Crippen MR) is 216 cm³/mol. The largest absolute Gasteiger partial charge is 0.377 e. The molecule has 8 nitrogen and oxygen atoms in total. The van der Waals surface area contributed by atoms with Crippen molar-refractivity contribution in [3.05, 3.63) is 105 Å². The van der Waals surface area contributed by atoms with Crippen molar-refractivity contribution in [1.82, 2.24) is 19.8 Å². The van der Waals surface area contributed by atoms with Crippen molar-refractivity contribution < 1.29 is 27.4 Å². The number of carbonyl (C=O) groups excluding carboxylic acids is 1. The molecule has 13 heteroatoms. The number of nitrogens with zero attached hydrogens (tertiary/aromatic N) is 4. The summed E-state index contributed by atoms with van der Waals surface area (Å²) in [5, 5.41) is 15.4. The number of aryl methyl sites for hydroxylation is 1. The lowest BCUT2D eigenvalue weighted by Crippen LogP contribution is -2.41. The fourth-order valence-corrected chi connectivity index (χ4v) is 10.2. The first kappa shape index (κ1) is 37.8. The van der Waals surface area contributed by atoms with E-state index >= 15 is 4.39 Å². The molecule has 5 fully saturated rings. The van der Waals surface area contributed by atoms with Gasteiger partial charge in [0.25, 0.3) is 0 Å². The zero-order valence-electron chi connectivity index (χ0n) is 31.5. The highest BCUT2D eigenvalue weighted by Crippen LogP contribution is 2.52. The number of nitriles is 1. The van der Waals surface area contributed by atoms with Gasteiger partial charge in [-0.05, 0) is 79.5 Å². The van der Waals surface area contributed by atoms with Crippen molar-refractivity contribution in [1.29, 1.82) is 5.26 Å². The zero-order chi connectivity index (χ0) is 39.8. The molecule has 1 amide bonds. The van der Waals surface area contributed by atoms with Gasteiger partial charge in [-0.25, -0.2) is 18.2 Å². The summed E-state index contributed by atoms with van der Waals surface area (Å²) in [7, 11) is 0. The maximum atomic E-state index is 17.7. The topological polar surface area (TPSA) is 92.4 Å². The number of aromatic nitrogens is 2. The number of hydrogen-bond donors (Lipinski definition) is 1. The molecule has 0 radical (unpaired) electrons. The number of hydrogen-bond acceptors (Lipinski definition) is 6. The minimum absolute atomic E-state index is 0.0210. The summed E-state index contributed by atoms with van der Waals surface area (Å²) in [6.07, 6.45) is 5.55. The summed E-state index contributed by atoms with van der Waals surface area (Å²) in [5.74, 6) is -1.62. The lowest BCUT2D eigenvalue weighted by atomic mass is 9.79. The van der Waals surface area contributed by atoms with Gasteiger partial charge in [0.2, 0.25) is 5.91 Å². The van der Waals surface area contributed by atoms with E-state index in [-0.39, 0.29) is 76.6 Å². The van der Waals surface area contributed by atoms with Gasteiger partial charge >= 0.3 is 0 Å². The van der Waals surface area contributed by atoms with E-state index in [1.54, 1.807) is 18.2 Å². The summed E-state index contributed by atoms with van der Waals surface area (Å²) in [5.41, 5.74) is 4.66. The average molecular weight is 827 g/mol. The summed E-state index contributed by atoms with van der Waals surface area (Å²) >= 11 is 13.2. The lowest BCUT2D eigenvalue weighted by molar-refractivity contribution is -0.134. The van der Waals surface area contributed by atoms with Crippen molar-refractivity contribution in [2.24, 2.45) is 11.8 Å². The molecule has 1 N–H and O–H groups in total. The molecule has 6 aliphatic rings. The number of fused-ring (bicyclic) bond motifs is 4. The molecule has 3 aromatic carbocycles. The number of pyridine rings is 1. The van der Waals surface area contributed by atoms with E-state index in [0.717, 1.165) is 48.0 Å². The van der Waals surface area contributed by atoms with Crippen LogP contribution in [0.15, 0.2) is 54.6 Å². The predicted octanol–water partition coefficient (Wildman–Crippen LogP) is 9.64. The van der Waals surface area contributed by atoms with Crippen LogP contribution in [-0.4, -0.2) is 58.8 Å². The Labute approximate surface area is 343 Å². The molecule has 298 valence electrons. The Bertz CT molecular complexity index is 2550. The first-order valence-electron chi connectivity index (χ1n) is 20.1. The quantitative estimate of drug-likeness (QED) is 0.151. The van der Waals surface area contributed by atoms with Crippen LogP contribution in [0, 0.1) is 40.6 Å². The fourth-order valence-electron chi connectivity index (χ4n) is 9.81. The second-order valence-electron chi connectivity index (χ2n) is 16.2. The smallest absolute Gasteiger partial charge is 0.226 e. The van der Waals surface area contributed by atoms with E-state index in [0.29, 0.717) is 54.2 Å². The van der Waals surface area contributed by atoms with E-state index in [9.17, 15) is 18.8 Å². The van der Waals surface area contributed by atoms with Gasteiger partial charge in [-0.15, -0.1) is 0 Å². The molecule has 4 aliphatic heterocycles. The summed E-state index contributed by atoms with van der Waals surface area (Å²) < 4.78 is 61.4. The minimum atomic E-state index is -0.676. The van der Waals surface area contributed by atoms with Crippen molar-refractivity contribution in [2.45, 2.75) is 75.8 Å². The van der Waals surface area contributed by atoms with Gasteiger partial charge in [-0.1, -0.05) is 47.5 Å². The maximum Gasteiger partial charge on any atom is 0.226 e. The molecule has 0 spiro atoms. The van der Waals surface area contributed by atoms with E-state index < -0.39 is 29.6 Å². The van der Waals surface area contributed by atoms with E-state index in [1.807, 2.05) is 17.0 Å². The van der Waals surface area contributed by atoms with Crippen molar-refractivity contribution in [2.75, 3.05) is 26.3 Å². The number of nitrogens with one attached hydrogen (secondary N) is 1. The van der Waals surface area contributed by atoms with Crippen LogP contribution in [0.4, 0.5) is 13.2 Å². The van der Waals surface area contributed by atoms with Gasteiger partial charge in [0.05, 0.1) is 65.3 Å². The Morgan fingerprint density at radius 1 is 1.07 bits per heavy atom. The number of likely N-dealkylation sites (tertiary alicyclic amines) is 1. The molecule has 5 atom stereocenters. The molecule has 0 unspecified atom stereocenters. The molecule has 2 saturated carbocycles. The van der Waals surface area contributed by atoms with E-state index in [2.05, 4.69) is 22.0 Å². The molecule has 3 saturated heterocycles. The van der Waals surface area contributed by atoms with Crippen LogP contribution in [0.25, 0.3) is 38.5 Å². The number of amides is 1. The lowest BCUT2D eigenvalue weighted by Gasteiger charge is -2.39. The Kier molecular flexibility index (Phi) is 9.77. The summed E-state index contributed by atoms with van der Waals surface area (Å²) in [6, 6.07) is 15.0. The van der Waals surface area contributed by atoms with Crippen molar-refractivity contribution >= 4 is 56.5 Å². The maximum absolute atomic E-state index is 17.7. The van der Waals surface area contributed by atoms with Crippen LogP contribution in [0.1, 0.15) is 73.1 Å². The highest BCUT2D eigenvalue weighted by molar-refractivity contribution is 6.43. The first-order chi connectivity index (χ1) is 28.2. The highest BCUT2D eigenvalue weighted by Gasteiger charge is 2.51. The number of carbonyl (C=O) groups is 1. The molecule has 6 heterocycles. The molecule has 2 aliphatic carbocycles. The third-order valence-corrected chi connectivity index (χ3v) is 13.7. The summed E-state index contributed by atoms with van der Waals surface area (Å²) in [4.78, 5) is 21.2. The number of ether oxygens (including phenoxy) is 2. The standard InChI is InChI=1S/C45H40Cl2F3N5O3/c46-32-6-1-5-28(39(32)47)38-25(4-3-13-51)16-29-42(40(38)50)53-41(23-11-14-57-15-12-23)30-19-37(55(44(29)30)43-26-17-35(43)52-20-26)36-18-27(21-54(36)45(56)24-9-10-24)58-22-31-33(48)7-2-8-34(31)49/h1-2,5-8,11,16,19,24,26-27,35-36,43,52H,3-4,9-10,12,14-15,17-18,20-22H2/t26-,27+,35-,36-,43+/m1/s1. The molecular weight excluding hydrogens is 786 g/mol. The monoisotopic (exact) mass is 825 g/mol. The van der Waals surface area contributed by atoms with Crippen LogP contribution < -0.4 is 5.32 Å². The van der Waals surface area contributed by atoms with Crippen molar-refractivity contribution in [3.8, 4) is 17.2 Å². The van der Waals surface area contributed by atoms with Gasteiger partial charge in [-0.2, -0.15) is 5.26 Å². The highest BCUT2D eigenvalue weighted by atomic mass is 35.5. The van der Waals surface area contributed by atoms with E-state index in [4.69, 9.17) is 37.7 Å². The van der Waals surface area contributed by atoms with Crippen molar-refractivity contribution in [3.63, 3.8) is 0 Å². The molecule has 11 rings (SSSR count). The Balaban J connectivity index is 1.21. The van der Waals surface area contributed by atoms with Crippen LogP contribution in [0.5, 0.6) is 0 Å². The molecule has 58 heavy (non-hydrogen) atoms. The third-order valence-electron chi connectivity index (χ3n) is 12.8. The first-order valence-corrected chi connectivity index (χ1v) is 20.8. The number of benzene rings is 3. The summed E-state index contributed by atoms with van der Waals surface area (Å²) in [6.45, 7) is 1.73. The Morgan fingerprint density at radius 3 is 2.59 bits per heavy atom. The van der Waals surface area contributed by atoms with Gasteiger partial charge in [0, 0.05) is 71.0 Å². The normalized spacial score (nSPS) is 24.0. The zero-order valence-corrected chi connectivity index (χ0v) is 33.1. The number of halogens is 5. The second-order valence-corrected chi connectivity index (χ2v) is 17.0. The van der Waals surface area contributed by atoms with Gasteiger partial charge in [0.1, 0.15) is 17.2 Å². The molecule has 5 aromatic rings. The van der Waals surface area contributed by atoms with Gasteiger partial charge in [-0.3, -0.25) is 4.79 Å². The van der Waals surface area contributed by atoms with Crippen LogP contribution in [-0.2, 0) is 27.3 Å². The Hall–Kier alpha value is -4.44. The minimum Gasteiger partial charge on any atom is -0.377 e. The number of rotatable bonds is 10. The average Bonchev–Trinajstić information content (AvgIpc) is 3.50. The van der Waals surface area contributed by atoms with Crippen LogP contribution in [0.3, 0.4) is 0 Å². The molecule has 2 aromatic heterocycles. The second kappa shape index (κ2) is 15.0. The SMILES string of the molecule is N#CCCc1cc2c(nc(C3=CCOCC3)c3cc([C@H]4C[C@H](OCc5c(F)cccc5F)CN4C(=O)C4CC4)n([C@H]4[C@H]5CN[C@@H]4C5)c32)c(F)c1-c1cccc(Cl)c1Cl. The van der Waals surface area contributed by atoms with Gasteiger partial charge in [0.15, 0.2) is 5.82 Å². The van der Waals surface area contributed by atoms with Crippen LogP contribution in [0.2, 0.25) is 10.0 Å². The van der Waals surface area contributed by atoms with E-state index in [1.165, 1.54) is 18.2 Å². The molecule has 2 bridgehead atoms.